The lowest BCUT2D eigenvalue weighted by Gasteiger charge is -2.56. The van der Waals surface area contributed by atoms with Gasteiger partial charge in [-0.25, -0.2) is 0 Å². The number of carbonyl (C=O) groups is 1. The van der Waals surface area contributed by atoms with Crippen LogP contribution in [0.3, 0.4) is 0 Å². The molecule has 1 amide bonds. The lowest BCUT2D eigenvalue weighted by atomic mass is 9.57. The first-order valence-corrected chi connectivity index (χ1v) is 14.3. The maximum absolute atomic E-state index is 13.7. The van der Waals surface area contributed by atoms with Crippen LogP contribution in [0.15, 0.2) is 84.9 Å². The number of nitrogens with one attached hydrogen (secondary N) is 1. The van der Waals surface area contributed by atoms with Crippen LogP contribution in [0.1, 0.15) is 62.3 Å². The Kier molecular flexibility index (Phi) is 7.68. The van der Waals surface area contributed by atoms with E-state index in [0.29, 0.717) is 17.7 Å². The Morgan fingerprint density at radius 1 is 1.05 bits per heavy atom. The first kappa shape index (κ1) is 27.2. The number of hydrogen-bond acceptors (Lipinski definition) is 3. The highest BCUT2D eigenvalue weighted by atomic mass is 16.3. The van der Waals surface area contributed by atoms with E-state index in [4.69, 9.17) is 0 Å². The van der Waals surface area contributed by atoms with Crippen molar-refractivity contribution in [1.29, 1.82) is 0 Å². The van der Waals surface area contributed by atoms with Crippen molar-refractivity contribution in [3.8, 4) is 5.75 Å². The quantitative estimate of drug-likeness (QED) is 0.367. The van der Waals surface area contributed by atoms with E-state index in [1.807, 2.05) is 56.3 Å². The third kappa shape index (κ3) is 5.53. The van der Waals surface area contributed by atoms with Crippen molar-refractivity contribution in [1.82, 2.24) is 10.2 Å². The van der Waals surface area contributed by atoms with E-state index in [9.17, 15) is 9.90 Å². The second-order valence-corrected chi connectivity index (χ2v) is 12.3. The Labute approximate surface area is 233 Å². The van der Waals surface area contributed by atoms with Gasteiger partial charge in [-0.05, 0) is 80.3 Å². The maximum Gasteiger partial charge on any atom is 0.230 e. The molecule has 1 saturated heterocycles. The topological polar surface area (TPSA) is 52.6 Å². The van der Waals surface area contributed by atoms with Crippen LogP contribution in [0.25, 0.3) is 6.08 Å². The molecule has 4 nitrogen and oxygen atoms in total. The number of aromatic hydroxyl groups is 1. The molecular formula is C35H42N2O2. The monoisotopic (exact) mass is 522 g/mol. The smallest absolute Gasteiger partial charge is 0.230 e. The van der Waals surface area contributed by atoms with Crippen LogP contribution in [0, 0.1) is 12.8 Å². The predicted molar refractivity (Wildman–Crippen MR) is 160 cm³/mol. The van der Waals surface area contributed by atoms with Gasteiger partial charge in [-0.2, -0.15) is 0 Å². The fourth-order valence-electron chi connectivity index (χ4n) is 6.90. The van der Waals surface area contributed by atoms with E-state index < -0.39 is 5.41 Å². The summed E-state index contributed by atoms with van der Waals surface area (Å²) in [6, 6.07) is 26.8. The second-order valence-electron chi connectivity index (χ2n) is 12.3. The SMILES string of the molecule is Cc1ccccc1/C=C/CN1C[C@H](C)[C@@]2(c3cccc(O)c3)C[C@H](NC(=O)C(C)(C)c3ccccc3)C[C@@H]1C2. The molecule has 1 heterocycles. The van der Waals surface area contributed by atoms with Crippen LogP contribution in [0.2, 0.25) is 0 Å². The molecule has 0 radical (unpaired) electrons. The van der Waals surface area contributed by atoms with Crippen LogP contribution >= 0.6 is 0 Å². The molecule has 5 rings (SSSR count). The van der Waals surface area contributed by atoms with Gasteiger partial charge in [0.05, 0.1) is 5.41 Å². The van der Waals surface area contributed by atoms with Gasteiger partial charge in [-0.1, -0.05) is 85.8 Å². The standard InChI is InChI=1S/C35H42N2O2/c1-25-12-8-9-13-27(25)14-11-19-37-24-26(2)35(29-17-10-18-32(38)20-29)22-30(21-31(37)23-35)36-33(39)34(3,4)28-15-6-5-7-16-28/h5-18,20,26,30-31,38H,19,21-24H2,1-4H3,(H,36,39)/b14-11+/t26-,30+,31+,35+/m0/s1. The number of rotatable bonds is 7. The molecule has 4 atom stereocenters. The number of phenolic OH excluding ortho intramolecular Hbond substituents is 1. The Balaban J connectivity index is 1.41. The van der Waals surface area contributed by atoms with Crippen LogP contribution < -0.4 is 5.32 Å². The number of carbonyl (C=O) groups excluding carboxylic acids is 1. The van der Waals surface area contributed by atoms with Crippen LogP contribution in [-0.4, -0.2) is 41.1 Å². The molecule has 0 spiro atoms. The number of phenols is 1. The van der Waals surface area contributed by atoms with Crippen molar-refractivity contribution in [3.05, 3.63) is 107 Å². The highest BCUT2D eigenvalue weighted by Gasteiger charge is 2.51. The molecule has 204 valence electrons. The molecule has 2 bridgehead atoms. The molecule has 3 aromatic rings. The van der Waals surface area contributed by atoms with E-state index in [-0.39, 0.29) is 17.4 Å². The highest BCUT2D eigenvalue weighted by molar-refractivity contribution is 5.87. The number of hydrogen-bond donors (Lipinski definition) is 2. The van der Waals surface area contributed by atoms with Gasteiger partial charge < -0.3 is 10.4 Å². The number of nitrogens with zero attached hydrogens (tertiary/aromatic N) is 1. The largest absolute Gasteiger partial charge is 0.508 e. The van der Waals surface area contributed by atoms with Gasteiger partial charge in [-0.3, -0.25) is 9.69 Å². The van der Waals surface area contributed by atoms with Crippen LogP contribution in [0.5, 0.6) is 5.75 Å². The molecule has 4 heteroatoms. The number of amides is 1. The van der Waals surface area contributed by atoms with Crippen molar-refractivity contribution in [3.63, 3.8) is 0 Å². The summed E-state index contributed by atoms with van der Waals surface area (Å²) in [5.41, 5.74) is 4.05. The molecule has 2 fully saturated rings. The van der Waals surface area contributed by atoms with Gasteiger partial charge in [0.15, 0.2) is 0 Å². The van der Waals surface area contributed by atoms with Gasteiger partial charge in [0.25, 0.3) is 0 Å². The molecular weight excluding hydrogens is 480 g/mol. The molecule has 2 N–H and O–H groups in total. The number of piperidine rings is 1. The molecule has 0 unspecified atom stereocenters. The molecule has 1 aliphatic carbocycles. The lowest BCUT2D eigenvalue weighted by molar-refractivity contribution is -0.127. The summed E-state index contributed by atoms with van der Waals surface area (Å²) in [7, 11) is 0. The molecule has 1 aliphatic heterocycles. The van der Waals surface area contributed by atoms with Crippen LogP contribution in [-0.2, 0) is 15.6 Å². The zero-order valence-electron chi connectivity index (χ0n) is 23.7. The predicted octanol–water partition coefficient (Wildman–Crippen LogP) is 6.62. The van der Waals surface area contributed by atoms with Crippen molar-refractivity contribution >= 4 is 12.0 Å². The normalized spacial score (nSPS) is 25.5. The van der Waals surface area contributed by atoms with E-state index in [2.05, 4.69) is 66.5 Å². The van der Waals surface area contributed by atoms with Crippen molar-refractivity contribution < 1.29 is 9.90 Å². The third-order valence-electron chi connectivity index (χ3n) is 9.38. The fourth-order valence-corrected chi connectivity index (χ4v) is 6.90. The van der Waals surface area contributed by atoms with Gasteiger partial charge in [0.2, 0.25) is 5.91 Å². The Morgan fingerprint density at radius 2 is 1.79 bits per heavy atom. The van der Waals surface area contributed by atoms with E-state index in [1.165, 1.54) is 16.7 Å². The summed E-state index contributed by atoms with van der Waals surface area (Å²) in [6.45, 7) is 10.4. The van der Waals surface area contributed by atoms with E-state index in [1.54, 1.807) is 6.07 Å². The lowest BCUT2D eigenvalue weighted by Crippen LogP contribution is -2.62. The summed E-state index contributed by atoms with van der Waals surface area (Å²) in [5, 5.41) is 13.9. The number of benzene rings is 3. The Hall–Kier alpha value is -3.37. The zero-order chi connectivity index (χ0) is 27.6. The molecule has 2 aliphatic rings. The average molecular weight is 523 g/mol. The minimum absolute atomic E-state index is 0.0622. The Bertz CT molecular complexity index is 1330. The summed E-state index contributed by atoms with van der Waals surface area (Å²) in [4.78, 5) is 16.3. The van der Waals surface area contributed by atoms with Gasteiger partial charge in [-0.15, -0.1) is 0 Å². The summed E-state index contributed by atoms with van der Waals surface area (Å²) < 4.78 is 0. The van der Waals surface area contributed by atoms with E-state index in [0.717, 1.165) is 37.9 Å². The van der Waals surface area contributed by atoms with Crippen LogP contribution in [0.4, 0.5) is 0 Å². The van der Waals surface area contributed by atoms with Gasteiger partial charge in [0, 0.05) is 30.6 Å². The number of aryl methyl sites for hydroxylation is 1. The summed E-state index contributed by atoms with van der Waals surface area (Å²) in [6.07, 6.45) is 7.38. The number of fused-ring (bicyclic) bond motifs is 2. The minimum atomic E-state index is -0.617. The average Bonchev–Trinajstić information content (AvgIpc) is 2.93. The number of likely N-dealkylation sites (tertiary alicyclic amines) is 1. The second kappa shape index (κ2) is 11.0. The van der Waals surface area contributed by atoms with E-state index >= 15 is 0 Å². The zero-order valence-corrected chi connectivity index (χ0v) is 23.7. The molecule has 39 heavy (non-hydrogen) atoms. The first-order valence-electron chi connectivity index (χ1n) is 14.3. The highest BCUT2D eigenvalue weighted by Crippen LogP contribution is 2.50. The third-order valence-corrected chi connectivity index (χ3v) is 9.38. The van der Waals surface area contributed by atoms with Crippen molar-refractivity contribution in [2.45, 2.75) is 69.9 Å². The first-order chi connectivity index (χ1) is 18.7. The summed E-state index contributed by atoms with van der Waals surface area (Å²) in [5.74, 6) is 0.762. The molecule has 1 saturated carbocycles. The van der Waals surface area contributed by atoms with Crippen molar-refractivity contribution in [2.24, 2.45) is 5.92 Å². The summed E-state index contributed by atoms with van der Waals surface area (Å²) >= 11 is 0. The Morgan fingerprint density at radius 3 is 2.54 bits per heavy atom. The molecule has 0 aromatic heterocycles. The fraction of sp³-hybridized carbons (Fsp3) is 0.400. The molecule has 3 aromatic carbocycles. The van der Waals surface area contributed by atoms with Crippen molar-refractivity contribution in [2.75, 3.05) is 13.1 Å². The van der Waals surface area contributed by atoms with Gasteiger partial charge >= 0.3 is 0 Å². The minimum Gasteiger partial charge on any atom is -0.508 e. The van der Waals surface area contributed by atoms with Gasteiger partial charge in [0.1, 0.15) is 5.75 Å². The maximum atomic E-state index is 13.7.